The van der Waals surface area contributed by atoms with E-state index in [2.05, 4.69) is 10.4 Å². The number of aromatic nitrogens is 2. The fourth-order valence-corrected chi connectivity index (χ4v) is 2.91. The number of carboxylic acid groups (broad SMARTS) is 1. The zero-order valence-electron chi connectivity index (χ0n) is 11.9. The molecule has 1 aromatic rings. The summed E-state index contributed by atoms with van der Waals surface area (Å²) in [6.07, 6.45) is 4.77. The average Bonchev–Trinajstić information content (AvgIpc) is 3.01. The monoisotopic (exact) mass is 279 g/mol. The largest absolute Gasteiger partial charge is 0.481 e. The second-order valence-corrected chi connectivity index (χ2v) is 5.33. The van der Waals surface area contributed by atoms with Crippen molar-refractivity contribution < 1.29 is 14.7 Å². The Balaban J connectivity index is 1.96. The highest BCUT2D eigenvalue weighted by atomic mass is 16.4. The number of nitrogens with one attached hydrogen (secondary N) is 1. The fourth-order valence-electron chi connectivity index (χ4n) is 2.91. The van der Waals surface area contributed by atoms with Crippen LogP contribution in [0, 0.1) is 11.8 Å². The van der Waals surface area contributed by atoms with Crippen LogP contribution in [0.2, 0.25) is 0 Å². The molecular formula is C14H21N3O3. The number of carboxylic acids is 1. The van der Waals surface area contributed by atoms with E-state index in [0.717, 1.165) is 24.1 Å². The maximum Gasteiger partial charge on any atom is 0.307 e. The van der Waals surface area contributed by atoms with Crippen LogP contribution < -0.4 is 5.32 Å². The molecule has 0 spiro atoms. The van der Waals surface area contributed by atoms with Crippen LogP contribution in [-0.2, 0) is 29.6 Å². The standard InChI is InChI=1S/C14H21N3O3/c1-3-12-9(8-17(2)16-12)7-15-13(18)10-5-4-6-11(10)14(19)20/h8,10-11H,3-7H2,1-2H3,(H,15,18)(H,19,20)/t10-,11+/m1/s1. The first kappa shape index (κ1) is 14.6. The smallest absolute Gasteiger partial charge is 0.307 e. The molecule has 1 saturated carbocycles. The van der Waals surface area contributed by atoms with Crippen molar-refractivity contribution in [3.05, 3.63) is 17.5 Å². The van der Waals surface area contributed by atoms with Crippen LogP contribution in [0.4, 0.5) is 0 Å². The number of rotatable bonds is 5. The number of hydrogen-bond acceptors (Lipinski definition) is 3. The van der Waals surface area contributed by atoms with Crippen LogP contribution >= 0.6 is 0 Å². The summed E-state index contributed by atoms with van der Waals surface area (Å²) in [5, 5.41) is 16.3. The zero-order valence-corrected chi connectivity index (χ0v) is 11.9. The molecule has 0 unspecified atom stereocenters. The van der Waals surface area contributed by atoms with Crippen LogP contribution in [0.5, 0.6) is 0 Å². The highest BCUT2D eigenvalue weighted by Gasteiger charge is 2.37. The van der Waals surface area contributed by atoms with Gasteiger partial charge < -0.3 is 10.4 Å². The van der Waals surface area contributed by atoms with E-state index >= 15 is 0 Å². The molecule has 0 aromatic carbocycles. The van der Waals surface area contributed by atoms with Crippen LogP contribution in [0.25, 0.3) is 0 Å². The normalized spacial score (nSPS) is 21.9. The third kappa shape index (κ3) is 3.00. The maximum atomic E-state index is 12.1. The van der Waals surface area contributed by atoms with Crippen molar-refractivity contribution in [1.82, 2.24) is 15.1 Å². The summed E-state index contributed by atoms with van der Waals surface area (Å²) in [5.74, 6) is -1.94. The molecule has 1 fully saturated rings. The number of nitrogens with zero attached hydrogens (tertiary/aromatic N) is 2. The second-order valence-electron chi connectivity index (χ2n) is 5.33. The topological polar surface area (TPSA) is 84.2 Å². The minimum atomic E-state index is -0.863. The van der Waals surface area contributed by atoms with Crippen LogP contribution in [0.15, 0.2) is 6.20 Å². The Hall–Kier alpha value is -1.85. The van der Waals surface area contributed by atoms with E-state index in [1.807, 2.05) is 20.2 Å². The van der Waals surface area contributed by atoms with Gasteiger partial charge in [-0.3, -0.25) is 14.3 Å². The van der Waals surface area contributed by atoms with Gasteiger partial charge in [0.1, 0.15) is 0 Å². The van der Waals surface area contributed by atoms with Crippen molar-refractivity contribution in [2.24, 2.45) is 18.9 Å². The number of aliphatic carboxylic acids is 1. The van der Waals surface area contributed by atoms with Crippen molar-refractivity contribution >= 4 is 11.9 Å². The molecule has 2 N–H and O–H groups in total. The molecule has 6 heteroatoms. The van der Waals surface area contributed by atoms with E-state index in [-0.39, 0.29) is 5.91 Å². The van der Waals surface area contributed by atoms with E-state index in [1.165, 1.54) is 0 Å². The van der Waals surface area contributed by atoms with Crippen LogP contribution in [0.1, 0.15) is 37.4 Å². The molecule has 6 nitrogen and oxygen atoms in total. The van der Waals surface area contributed by atoms with Crippen LogP contribution in [-0.4, -0.2) is 26.8 Å². The molecule has 1 aliphatic rings. The summed E-state index contributed by atoms with van der Waals surface area (Å²) in [6, 6.07) is 0. The van der Waals surface area contributed by atoms with Crippen molar-refractivity contribution in [1.29, 1.82) is 0 Å². The number of carbonyl (C=O) groups excluding carboxylic acids is 1. The Labute approximate surface area is 118 Å². The number of carbonyl (C=O) groups is 2. The summed E-state index contributed by atoms with van der Waals surface area (Å²) in [6.45, 7) is 2.43. The Morgan fingerprint density at radius 3 is 2.80 bits per heavy atom. The van der Waals surface area contributed by atoms with Gasteiger partial charge in [-0.1, -0.05) is 13.3 Å². The predicted molar refractivity (Wildman–Crippen MR) is 72.9 cm³/mol. The summed E-state index contributed by atoms with van der Waals surface area (Å²) < 4.78 is 1.73. The van der Waals surface area contributed by atoms with Crippen molar-refractivity contribution in [2.75, 3.05) is 0 Å². The van der Waals surface area contributed by atoms with E-state index in [0.29, 0.717) is 19.4 Å². The summed E-state index contributed by atoms with van der Waals surface area (Å²) in [7, 11) is 1.85. The first-order chi connectivity index (χ1) is 9.52. The van der Waals surface area contributed by atoms with Gasteiger partial charge in [0.15, 0.2) is 0 Å². The molecule has 0 saturated heterocycles. The fraction of sp³-hybridized carbons (Fsp3) is 0.643. The first-order valence-corrected chi connectivity index (χ1v) is 7.04. The molecule has 1 heterocycles. The Bertz CT molecular complexity index is 510. The van der Waals surface area contributed by atoms with E-state index in [1.54, 1.807) is 4.68 Å². The highest BCUT2D eigenvalue weighted by molar-refractivity contribution is 5.85. The van der Waals surface area contributed by atoms with Crippen molar-refractivity contribution in [2.45, 2.75) is 39.2 Å². The average molecular weight is 279 g/mol. The molecule has 2 atom stereocenters. The molecule has 0 bridgehead atoms. The van der Waals surface area contributed by atoms with Gasteiger partial charge in [0.25, 0.3) is 0 Å². The van der Waals surface area contributed by atoms with E-state index in [4.69, 9.17) is 5.11 Å². The Morgan fingerprint density at radius 1 is 1.45 bits per heavy atom. The lowest BCUT2D eigenvalue weighted by Gasteiger charge is -2.15. The second kappa shape index (κ2) is 6.07. The third-order valence-electron chi connectivity index (χ3n) is 3.95. The molecule has 2 rings (SSSR count). The lowest BCUT2D eigenvalue weighted by atomic mass is 9.95. The molecular weight excluding hydrogens is 258 g/mol. The highest BCUT2D eigenvalue weighted by Crippen LogP contribution is 2.32. The minimum Gasteiger partial charge on any atom is -0.481 e. The molecule has 1 aliphatic carbocycles. The van der Waals surface area contributed by atoms with Gasteiger partial charge in [-0.05, 0) is 19.3 Å². The number of amides is 1. The lowest BCUT2D eigenvalue weighted by Crippen LogP contribution is -2.35. The number of aryl methyl sites for hydroxylation is 2. The molecule has 0 radical (unpaired) electrons. The van der Waals surface area contributed by atoms with Crippen molar-refractivity contribution in [3.63, 3.8) is 0 Å². The minimum absolute atomic E-state index is 0.152. The van der Waals surface area contributed by atoms with Gasteiger partial charge in [0.2, 0.25) is 5.91 Å². The Morgan fingerprint density at radius 2 is 2.15 bits per heavy atom. The van der Waals surface area contributed by atoms with Gasteiger partial charge in [0.05, 0.1) is 17.5 Å². The first-order valence-electron chi connectivity index (χ1n) is 7.04. The quantitative estimate of drug-likeness (QED) is 0.845. The molecule has 20 heavy (non-hydrogen) atoms. The summed E-state index contributed by atoms with van der Waals surface area (Å²) >= 11 is 0. The SMILES string of the molecule is CCc1nn(C)cc1CNC(=O)[C@@H]1CCC[C@@H]1C(=O)O. The van der Waals surface area contributed by atoms with Crippen LogP contribution in [0.3, 0.4) is 0 Å². The zero-order chi connectivity index (χ0) is 14.7. The van der Waals surface area contributed by atoms with Gasteiger partial charge >= 0.3 is 5.97 Å². The van der Waals surface area contributed by atoms with Gasteiger partial charge in [0, 0.05) is 25.4 Å². The summed E-state index contributed by atoms with van der Waals surface area (Å²) in [4.78, 5) is 23.2. The predicted octanol–water partition coefficient (Wildman–Crippen LogP) is 1.10. The molecule has 1 amide bonds. The van der Waals surface area contributed by atoms with Gasteiger partial charge in [-0.2, -0.15) is 5.10 Å². The maximum absolute atomic E-state index is 12.1. The third-order valence-corrected chi connectivity index (χ3v) is 3.95. The van der Waals surface area contributed by atoms with Crippen molar-refractivity contribution in [3.8, 4) is 0 Å². The number of hydrogen-bond donors (Lipinski definition) is 2. The Kier molecular flexibility index (Phi) is 4.42. The lowest BCUT2D eigenvalue weighted by molar-refractivity contribution is -0.146. The molecule has 0 aliphatic heterocycles. The van der Waals surface area contributed by atoms with E-state index in [9.17, 15) is 9.59 Å². The summed E-state index contributed by atoms with van der Waals surface area (Å²) in [5.41, 5.74) is 1.96. The molecule has 110 valence electrons. The van der Waals surface area contributed by atoms with Gasteiger partial charge in [-0.25, -0.2) is 0 Å². The molecule has 1 aromatic heterocycles. The van der Waals surface area contributed by atoms with E-state index < -0.39 is 17.8 Å². The van der Waals surface area contributed by atoms with Gasteiger partial charge in [-0.15, -0.1) is 0 Å².